The first kappa shape index (κ1) is 13.0. The SMILES string of the molecule is CC=Cc1ccc(OC(F)(F)F)cc1[N+](=O)[O-]. The van der Waals surface area contributed by atoms with Crippen LogP contribution in [-0.2, 0) is 0 Å². The number of nitro benzene ring substituents is 1. The Bertz CT molecular complexity index is 455. The van der Waals surface area contributed by atoms with E-state index in [0.29, 0.717) is 0 Å². The monoisotopic (exact) mass is 247 g/mol. The van der Waals surface area contributed by atoms with Crippen molar-refractivity contribution < 1.29 is 22.8 Å². The van der Waals surface area contributed by atoms with Gasteiger partial charge in [0.15, 0.2) is 0 Å². The lowest BCUT2D eigenvalue weighted by molar-refractivity contribution is -0.385. The van der Waals surface area contributed by atoms with Crippen LogP contribution in [0.25, 0.3) is 6.08 Å². The lowest BCUT2D eigenvalue weighted by Crippen LogP contribution is -2.17. The Labute approximate surface area is 94.5 Å². The Kier molecular flexibility index (Phi) is 3.72. The molecule has 0 bridgehead atoms. The molecule has 0 heterocycles. The average Bonchev–Trinajstić information content (AvgIpc) is 2.18. The Morgan fingerprint density at radius 2 is 2.06 bits per heavy atom. The molecule has 0 aliphatic heterocycles. The second kappa shape index (κ2) is 4.86. The molecule has 1 rings (SSSR count). The minimum absolute atomic E-state index is 0.215. The third-order valence-corrected chi connectivity index (χ3v) is 1.78. The molecular weight excluding hydrogens is 239 g/mol. The molecule has 0 saturated heterocycles. The summed E-state index contributed by atoms with van der Waals surface area (Å²) in [5, 5.41) is 10.6. The van der Waals surface area contributed by atoms with E-state index < -0.39 is 22.7 Å². The molecule has 7 heteroatoms. The van der Waals surface area contributed by atoms with Crippen LogP contribution in [0.2, 0.25) is 0 Å². The normalized spacial score (nSPS) is 11.8. The minimum Gasteiger partial charge on any atom is -0.406 e. The third kappa shape index (κ3) is 3.78. The second-order valence-electron chi connectivity index (χ2n) is 3.03. The van der Waals surface area contributed by atoms with Gasteiger partial charge in [-0.05, 0) is 19.1 Å². The summed E-state index contributed by atoms with van der Waals surface area (Å²) >= 11 is 0. The Hall–Kier alpha value is -2.05. The van der Waals surface area contributed by atoms with E-state index in [1.807, 2.05) is 0 Å². The van der Waals surface area contributed by atoms with Crippen molar-refractivity contribution in [2.45, 2.75) is 13.3 Å². The van der Waals surface area contributed by atoms with Crippen molar-refractivity contribution in [3.8, 4) is 5.75 Å². The van der Waals surface area contributed by atoms with Crippen LogP contribution in [-0.4, -0.2) is 11.3 Å². The van der Waals surface area contributed by atoms with Gasteiger partial charge in [0.05, 0.1) is 16.6 Å². The molecule has 1 aromatic carbocycles. The summed E-state index contributed by atoms with van der Waals surface area (Å²) in [6.07, 6.45) is -1.89. The fourth-order valence-corrected chi connectivity index (χ4v) is 1.20. The molecule has 0 aliphatic carbocycles. The standard InChI is InChI=1S/C10H8F3NO3/c1-2-3-7-4-5-8(17-10(11,12)13)6-9(7)14(15)16/h2-6H,1H3. The fraction of sp³-hybridized carbons (Fsp3) is 0.200. The maximum absolute atomic E-state index is 11.9. The van der Waals surface area contributed by atoms with Gasteiger partial charge < -0.3 is 4.74 Å². The van der Waals surface area contributed by atoms with Gasteiger partial charge in [0, 0.05) is 0 Å². The van der Waals surface area contributed by atoms with Crippen LogP contribution in [0.4, 0.5) is 18.9 Å². The number of benzene rings is 1. The van der Waals surface area contributed by atoms with Gasteiger partial charge in [-0.2, -0.15) is 0 Å². The molecule has 92 valence electrons. The average molecular weight is 247 g/mol. The zero-order chi connectivity index (χ0) is 13.1. The van der Waals surface area contributed by atoms with E-state index >= 15 is 0 Å². The van der Waals surface area contributed by atoms with Crippen molar-refractivity contribution in [2.24, 2.45) is 0 Å². The number of hydrogen-bond donors (Lipinski definition) is 0. The van der Waals surface area contributed by atoms with E-state index in [0.717, 1.165) is 12.1 Å². The first-order valence-corrected chi connectivity index (χ1v) is 4.50. The molecule has 0 saturated carbocycles. The predicted molar refractivity (Wildman–Crippen MR) is 54.5 cm³/mol. The zero-order valence-electron chi connectivity index (χ0n) is 8.69. The molecule has 0 unspecified atom stereocenters. The minimum atomic E-state index is -4.87. The molecule has 0 fully saturated rings. The number of nitrogens with zero attached hydrogens (tertiary/aromatic N) is 1. The number of nitro groups is 1. The molecule has 1 aromatic rings. The maximum atomic E-state index is 11.9. The van der Waals surface area contributed by atoms with Crippen LogP contribution < -0.4 is 4.74 Å². The summed E-state index contributed by atoms with van der Waals surface area (Å²) < 4.78 is 39.3. The molecule has 0 atom stereocenters. The first-order valence-electron chi connectivity index (χ1n) is 4.50. The summed E-state index contributed by atoms with van der Waals surface area (Å²) in [4.78, 5) is 9.88. The molecule has 0 amide bonds. The highest BCUT2D eigenvalue weighted by atomic mass is 19.4. The van der Waals surface area contributed by atoms with Gasteiger partial charge in [-0.1, -0.05) is 12.2 Å². The highest BCUT2D eigenvalue weighted by Crippen LogP contribution is 2.29. The highest BCUT2D eigenvalue weighted by Gasteiger charge is 2.31. The van der Waals surface area contributed by atoms with Crippen molar-refractivity contribution in [3.05, 3.63) is 40.0 Å². The smallest absolute Gasteiger partial charge is 0.406 e. The number of ether oxygens (including phenoxy) is 1. The van der Waals surface area contributed by atoms with Gasteiger partial charge in [0.1, 0.15) is 5.75 Å². The van der Waals surface area contributed by atoms with E-state index in [1.165, 1.54) is 12.1 Å². The van der Waals surface area contributed by atoms with Crippen LogP contribution >= 0.6 is 0 Å². The summed E-state index contributed by atoms with van der Waals surface area (Å²) in [5.74, 6) is -0.613. The largest absolute Gasteiger partial charge is 0.573 e. The summed E-state index contributed by atoms with van der Waals surface area (Å²) in [6.45, 7) is 1.64. The molecule has 0 spiro atoms. The topological polar surface area (TPSA) is 52.4 Å². The number of alkyl halides is 3. The Morgan fingerprint density at radius 1 is 1.41 bits per heavy atom. The van der Waals surface area contributed by atoms with Crippen molar-refractivity contribution in [3.63, 3.8) is 0 Å². The molecule has 0 radical (unpaired) electrons. The fourth-order valence-electron chi connectivity index (χ4n) is 1.20. The van der Waals surface area contributed by atoms with Gasteiger partial charge in [0.2, 0.25) is 0 Å². The number of halogens is 3. The van der Waals surface area contributed by atoms with Crippen molar-refractivity contribution in [1.82, 2.24) is 0 Å². The molecule has 0 aromatic heterocycles. The molecule has 4 nitrogen and oxygen atoms in total. The van der Waals surface area contributed by atoms with Crippen LogP contribution in [0.15, 0.2) is 24.3 Å². The lowest BCUT2D eigenvalue weighted by Gasteiger charge is -2.08. The van der Waals surface area contributed by atoms with Crippen LogP contribution in [0.3, 0.4) is 0 Å². The molecule has 0 N–H and O–H groups in total. The van der Waals surface area contributed by atoms with Gasteiger partial charge in [-0.25, -0.2) is 0 Å². The van der Waals surface area contributed by atoms with Crippen LogP contribution in [0.5, 0.6) is 5.75 Å². The van der Waals surface area contributed by atoms with E-state index in [2.05, 4.69) is 4.74 Å². The molecular formula is C10H8F3NO3. The van der Waals surface area contributed by atoms with Gasteiger partial charge in [-0.3, -0.25) is 10.1 Å². The van der Waals surface area contributed by atoms with Crippen LogP contribution in [0, 0.1) is 10.1 Å². The molecule has 0 aliphatic rings. The van der Waals surface area contributed by atoms with Crippen molar-refractivity contribution in [1.29, 1.82) is 0 Å². The van der Waals surface area contributed by atoms with Crippen LogP contribution in [0.1, 0.15) is 12.5 Å². The summed E-state index contributed by atoms with van der Waals surface area (Å²) in [6, 6.07) is 2.96. The quantitative estimate of drug-likeness (QED) is 0.606. The van der Waals surface area contributed by atoms with E-state index in [4.69, 9.17) is 0 Å². The summed E-state index contributed by atoms with van der Waals surface area (Å²) in [7, 11) is 0. The van der Waals surface area contributed by atoms with E-state index in [1.54, 1.807) is 13.0 Å². The number of rotatable bonds is 3. The number of allylic oxidation sites excluding steroid dienone is 1. The van der Waals surface area contributed by atoms with Gasteiger partial charge in [-0.15, -0.1) is 13.2 Å². The van der Waals surface area contributed by atoms with Gasteiger partial charge in [0.25, 0.3) is 5.69 Å². The molecule has 17 heavy (non-hydrogen) atoms. The lowest BCUT2D eigenvalue weighted by atomic mass is 10.1. The Morgan fingerprint density at radius 3 is 2.53 bits per heavy atom. The summed E-state index contributed by atoms with van der Waals surface area (Å²) in [5.41, 5.74) is -0.225. The Balaban J connectivity index is 3.14. The maximum Gasteiger partial charge on any atom is 0.573 e. The number of hydrogen-bond acceptors (Lipinski definition) is 3. The van der Waals surface area contributed by atoms with Crippen molar-refractivity contribution in [2.75, 3.05) is 0 Å². The highest BCUT2D eigenvalue weighted by molar-refractivity contribution is 5.62. The van der Waals surface area contributed by atoms with Crippen molar-refractivity contribution >= 4 is 11.8 Å². The zero-order valence-corrected chi connectivity index (χ0v) is 8.69. The second-order valence-corrected chi connectivity index (χ2v) is 3.03. The van der Waals surface area contributed by atoms with E-state index in [-0.39, 0.29) is 5.56 Å². The van der Waals surface area contributed by atoms with E-state index in [9.17, 15) is 23.3 Å². The third-order valence-electron chi connectivity index (χ3n) is 1.78. The predicted octanol–water partition coefficient (Wildman–Crippen LogP) is 3.53. The first-order chi connectivity index (χ1) is 7.83. The van der Waals surface area contributed by atoms with Gasteiger partial charge >= 0.3 is 6.36 Å².